The van der Waals surface area contributed by atoms with Crippen LogP contribution in [-0.4, -0.2) is 34.6 Å². The van der Waals surface area contributed by atoms with E-state index in [-0.39, 0.29) is 30.7 Å². The van der Waals surface area contributed by atoms with Crippen LogP contribution < -0.4 is 10.1 Å². The Bertz CT molecular complexity index is 1180. The Balaban J connectivity index is 1.51. The van der Waals surface area contributed by atoms with Crippen LogP contribution in [0.3, 0.4) is 0 Å². The molecule has 0 fully saturated rings. The predicted octanol–water partition coefficient (Wildman–Crippen LogP) is 4.21. The molecule has 1 atom stereocenters. The van der Waals surface area contributed by atoms with Crippen molar-refractivity contribution in [1.29, 1.82) is 0 Å². The molecule has 1 aliphatic rings. The molecule has 1 aromatic heterocycles. The van der Waals surface area contributed by atoms with Gasteiger partial charge in [-0.1, -0.05) is 36.4 Å². The molecular formula is C25H22F3N3O3. The number of alkyl halides is 3. The Kier molecular flexibility index (Phi) is 6.28. The summed E-state index contributed by atoms with van der Waals surface area (Å²) < 4.78 is 40.9. The molecule has 0 aliphatic carbocycles. The summed E-state index contributed by atoms with van der Waals surface area (Å²) in [5.74, 6) is -0.967. The molecular weight excluding hydrogens is 447 g/mol. The van der Waals surface area contributed by atoms with Crippen LogP contribution >= 0.6 is 0 Å². The number of nitrogens with one attached hydrogen (secondary N) is 1. The number of carbonyl (C=O) groups excluding carboxylic acids is 2. The van der Waals surface area contributed by atoms with Crippen LogP contribution in [0.1, 0.15) is 34.1 Å². The summed E-state index contributed by atoms with van der Waals surface area (Å²) in [5, 5.41) is 2.83. The van der Waals surface area contributed by atoms with Gasteiger partial charge in [0.2, 0.25) is 0 Å². The topological polar surface area (TPSA) is 71.5 Å². The van der Waals surface area contributed by atoms with Crippen LogP contribution in [0.5, 0.6) is 5.75 Å². The second-order valence-electron chi connectivity index (χ2n) is 8.02. The zero-order valence-electron chi connectivity index (χ0n) is 18.3. The maximum absolute atomic E-state index is 13.4. The number of fused-ring (bicyclic) bond motifs is 1. The minimum Gasteiger partial charge on any atom is -0.406 e. The van der Waals surface area contributed by atoms with E-state index < -0.39 is 11.9 Å². The molecule has 34 heavy (non-hydrogen) atoms. The number of nitrogens with zero attached hydrogens (tertiary/aromatic N) is 2. The third-order valence-corrected chi connectivity index (χ3v) is 5.84. The van der Waals surface area contributed by atoms with E-state index in [0.717, 1.165) is 5.69 Å². The van der Waals surface area contributed by atoms with Gasteiger partial charge in [0.1, 0.15) is 11.3 Å². The largest absolute Gasteiger partial charge is 0.573 e. The predicted molar refractivity (Wildman–Crippen MR) is 118 cm³/mol. The second-order valence-corrected chi connectivity index (χ2v) is 8.02. The van der Waals surface area contributed by atoms with Crippen molar-refractivity contribution in [2.75, 3.05) is 6.54 Å². The van der Waals surface area contributed by atoms with E-state index in [4.69, 9.17) is 0 Å². The normalized spacial score (nSPS) is 17.4. The Morgan fingerprint density at radius 3 is 2.44 bits per heavy atom. The first-order chi connectivity index (χ1) is 16.2. The van der Waals surface area contributed by atoms with Gasteiger partial charge in [0.05, 0.1) is 0 Å². The van der Waals surface area contributed by atoms with Gasteiger partial charge in [-0.25, -0.2) is 0 Å². The molecule has 0 saturated heterocycles. The number of halogens is 3. The summed E-state index contributed by atoms with van der Waals surface area (Å²) in [6, 6.07) is 17.8. The van der Waals surface area contributed by atoms with Crippen LogP contribution in [0.2, 0.25) is 0 Å². The van der Waals surface area contributed by atoms with Crippen molar-refractivity contribution in [3.05, 3.63) is 95.3 Å². The fraction of sp³-hybridized carbons (Fsp3) is 0.240. The number of ether oxygens (including phenoxy) is 1. The Morgan fingerprint density at radius 1 is 1.06 bits per heavy atom. The van der Waals surface area contributed by atoms with E-state index in [1.807, 2.05) is 12.1 Å². The lowest BCUT2D eigenvalue weighted by molar-refractivity contribution is -0.274. The maximum atomic E-state index is 13.4. The van der Waals surface area contributed by atoms with E-state index >= 15 is 0 Å². The van der Waals surface area contributed by atoms with E-state index in [1.165, 1.54) is 24.3 Å². The zero-order valence-corrected chi connectivity index (χ0v) is 18.3. The molecule has 2 aromatic carbocycles. The van der Waals surface area contributed by atoms with Crippen molar-refractivity contribution < 1.29 is 27.5 Å². The molecule has 0 radical (unpaired) electrons. The van der Waals surface area contributed by atoms with Crippen LogP contribution in [0.15, 0.2) is 72.9 Å². The summed E-state index contributed by atoms with van der Waals surface area (Å²) in [7, 11) is 0. The molecule has 0 bridgehead atoms. The van der Waals surface area contributed by atoms with E-state index in [2.05, 4.69) is 15.0 Å². The molecule has 0 spiro atoms. The average Bonchev–Trinajstić information content (AvgIpc) is 3.04. The van der Waals surface area contributed by atoms with Crippen molar-refractivity contribution in [2.24, 2.45) is 0 Å². The molecule has 6 nitrogen and oxygen atoms in total. The fourth-order valence-corrected chi connectivity index (χ4v) is 4.09. The number of benzene rings is 2. The van der Waals surface area contributed by atoms with E-state index in [9.17, 15) is 22.8 Å². The molecule has 4 rings (SSSR count). The molecule has 1 aliphatic heterocycles. The molecule has 9 heteroatoms. The zero-order chi connectivity index (χ0) is 24.3. The SMILES string of the molecule is C[C@]1(C(=O)NCc2ccc(OC(F)(F)F)cc2)c2ccccc2C(=O)N1CCc1ccccn1. The number of aromatic nitrogens is 1. The average molecular weight is 469 g/mol. The van der Waals surface area contributed by atoms with Gasteiger partial charge in [-0.15, -0.1) is 13.2 Å². The molecule has 2 heterocycles. The fourth-order valence-electron chi connectivity index (χ4n) is 4.09. The summed E-state index contributed by atoms with van der Waals surface area (Å²) in [6.07, 6.45) is -2.62. The Morgan fingerprint density at radius 2 is 1.76 bits per heavy atom. The highest BCUT2D eigenvalue weighted by Gasteiger charge is 2.51. The molecule has 0 saturated carbocycles. The standard InChI is InChI=1S/C25H22F3N3O3/c1-24(23(33)30-16-17-9-11-19(12-10-17)34-25(26,27)28)21-8-3-2-7-20(21)22(32)31(24)15-13-18-6-4-5-14-29-18/h2-12,14H,13,15-16H2,1H3,(H,30,33)/t24-/m1/s1. The van der Waals surface area contributed by atoms with Gasteiger partial charge in [0.15, 0.2) is 0 Å². The van der Waals surface area contributed by atoms with Gasteiger partial charge in [0, 0.05) is 37.0 Å². The van der Waals surface area contributed by atoms with Crippen LogP contribution in [0.4, 0.5) is 13.2 Å². The Labute approximate surface area is 194 Å². The summed E-state index contributed by atoms with van der Waals surface area (Å²) in [5.41, 5.74) is 1.21. The number of hydrogen-bond donors (Lipinski definition) is 1. The van der Waals surface area contributed by atoms with Gasteiger partial charge in [0.25, 0.3) is 11.8 Å². The van der Waals surface area contributed by atoms with Crippen molar-refractivity contribution >= 4 is 11.8 Å². The van der Waals surface area contributed by atoms with Crippen LogP contribution in [0, 0.1) is 0 Å². The first-order valence-corrected chi connectivity index (χ1v) is 10.6. The quantitative estimate of drug-likeness (QED) is 0.563. The summed E-state index contributed by atoms with van der Waals surface area (Å²) in [4.78, 5) is 32.5. The number of carbonyl (C=O) groups is 2. The third-order valence-electron chi connectivity index (χ3n) is 5.84. The Hall–Kier alpha value is -3.88. The van der Waals surface area contributed by atoms with E-state index in [1.54, 1.807) is 48.4 Å². The molecule has 3 aromatic rings. The molecule has 2 amide bonds. The number of pyridine rings is 1. The van der Waals surface area contributed by atoms with Crippen molar-refractivity contribution in [1.82, 2.24) is 15.2 Å². The number of rotatable bonds is 7. The van der Waals surface area contributed by atoms with E-state index in [0.29, 0.717) is 23.1 Å². The highest BCUT2D eigenvalue weighted by atomic mass is 19.4. The second kappa shape index (κ2) is 9.17. The lowest BCUT2D eigenvalue weighted by Gasteiger charge is -2.34. The maximum Gasteiger partial charge on any atom is 0.573 e. The minimum absolute atomic E-state index is 0.0746. The van der Waals surface area contributed by atoms with Crippen LogP contribution in [0.25, 0.3) is 0 Å². The van der Waals surface area contributed by atoms with Crippen LogP contribution in [-0.2, 0) is 23.3 Å². The van der Waals surface area contributed by atoms with Crippen molar-refractivity contribution in [3.63, 3.8) is 0 Å². The summed E-state index contributed by atoms with van der Waals surface area (Å²) >= 11 is 0. The van der Waals surface area contributed by atoms with Crippen molar-refractivity contribution in [3.8, 4) is 5.75 Å². The van der Waals surface area contributed by atoms with Crippen molar-refractivity contribution in [2.45, 2.75) is 31.8 Å². The highest BCUT2D eigenvalue weighted by Crippen LogP contribution is 2.39. The van der Waals surface area contributed by atoms with Gasteiger partial charge in [-0.05, 0) is 48.4 Å². The minimum atomic E-state index is -4.77. The number of hydrogen-bond acceptors (Lipinski definition) is 4. The molecule has 0 unspecified atom stereocenters. The first kappa shape index (κ1) is 23.3. The van der Waals surface area contributed by atoms with Gasteiger partial charge in [-0.3, -0.25) is 14.6 Å². The smallest absolute Gasteiger partial charge is 0.406 e. The molecule has 1 N–H and O–H groups in total. The monoisotopic (exact) mass is 469 g/mol. The first-order valence-electron chi connectivity index (χ1n) is 10.6. The van der Waals surface area contributed by atoms with Gasteiger partial charge >= 0.3 is 6.36 Å². The highest BCUT2D eigenvalue weighted by molar-refractivity contribution is 6.06. The lowest BCUT2D eigenvalue weighted by atomic mass is 9.90. The van der Waals surface area contributed by atoms with Gasteiger partial charge in [-0.2, -0.15) is 0 Å². The lowest BCUT2D eigenvalue weighted by Crippen LogP contribution is -2.53. The third kappa shape index (κ3) is 4.73. The molecule has 176 valence electrons. The van der Waals surface area contributed by atoms with Gasteiger partial charge < -0.3 is 15.0 Å². The number of amides is 2. The summed E-state index contributed by atoms with van der Waals surface area (Å²) in [6.45, 7) is 2.06.